The molecule has 4 heterocycles. The number of nitrogens with zero attached hydrogens (tertiary/aromatic N) is 7. The third-order valence-corrected chi connectivity index (χ3v) is 10.3. The molecule has 2 amide bonds. The Morgan fingerprint density at radius 1 is 1.19 bits per heavy atom. The quantitative estimate of drug-likeness (QED) is 0.141. The van der Waals surface area contributed by atoms with Gasteiger partial charge in [0.15, 0.2) is 29.8 Å². The molecule has 0 bridgehead atoms. The number of benzene rings is 2. The summed E-state index contributed by atoms with van der Waals surface area (Å²) in [6, 6.07) is 10.3. The van der Waals surface area contributed by atoms with Crippen LogP contribution in [0.1, 0.15) is 33.2 Å². The van der Waals surface area contributed by atoms with Gasteiger partial charge in [-0.25, -0.2) is 17.2 Å². The lowest BCUT2D eigenvalue weighted by molar-refractivity contribution is -0.132. The molecular weight excluding hydrogens is 673 g/mol. The fraction of sp³-hybridized carbons (Fsp3) is 0.367. The van der Waals surface area contributed by atoms with Crippen molar-refractivity contribution in [2.24, 2.45) is 5.11 Å². The zero-order chi connectivity index (χ0) is 34.2. The molecular formula is C30H29F2N7O7S2. The number of sulfone groups is 1. The summed E-state index contributed by atoms with van der Waals surface area (Å²) in [5.41, 5.74) is 9.14. The summed E-state index contributed by atoms with van der Waals surface area (Å²) in [4.78, 5) is 46.2. The Morgan fingerprint density at radius 3 is 2.75 bits per heavy atom. The maximum atomic E-state index is 15.4. The van der Waals surface area contributed by atoms with Gasteiger partial charge < -0.3 is 19.3 Å². The topological polar surface area (TPSA) is 167 Å². The lowest BCUT2D eigenvalue weighted by Crippen LogP contribution is -2.66. The van der Waals surface area contributed by atoms with E-state index in [0.717, 1.165) is 27.7 Å². The number of hydrogen-bond donors (Lipinski definition) is 0. The molecule has 0 aliphatic carbocycles. The number of morpholine rings is 1. The average molecular weight is 702 g/mol. The highest BCUT2D eigenvalue weighted by atomic mass is 32.2. The van der Waals surface area contributed by atoms with E-state index < -0.39 is 75.7 Å². The first-order chi connectivity index (χ1) is 23.0. The number of amides is 2. The Hall–Kier alpha value is -4.64. The maximum Gasteiger partial charge on any atom is 0.278 e. The first kappa shape index (κ1) is 33.3. The standard InChI is InChI=1S/C30H29F2N7O7S2/c1-48(43,44)13-11-36(25(41)14-34-35-33)17-46-29-22(40)8-9-38-28(29)30(42)37-10-12-45-15-24(37)39(38)27-18-6-7-21(31)26(32)20(18)16-47-23-5-3-2-4-19(23)27/h2-9,24,27H,10-17H2,1H3/t24-,27+/m1/s1. The molecule has 252 valence electrons. The van der Waals surface area contributed by atoms with Gasteiger partial charge in [-0.05, 0) is 28.8 Å². The summed E-state index contributed by atoms with van der Waals surface area (Å²) in [5, 5.41) is 5.02. The van der Waals surface area contributed by atoms with E-state index in [2.05, 4.69) is 10.0 Å². The molecule has 48 heavy (non-hydrogen) atoms. The molecule has 1 fully saturated rings. The minimum atomic E-state index is -3.53. The van der Waals surface area contributed by atoms with Crippen molar-refractivity contribution in [2.45, 2.75) is 22.9 Å². The van der Waals surface area contributed by atoms with E-state index in [1.165, 1.54) is 39.7 Å². The van der Waals surface area contributed by atoms with Crippen molar-refractivity contribution in [1.29, 1.82) is 0 Å². The number of rotatable bonds is 9. The van der Waals surface area contributed by atoms with Crippen LogP contribution in [0.15, 0.2) is 63.5 Å². The molecule has 0 N–H and O–H groups in total. The summed E-state index contributed by atoms with van der Waals surface area (Å²) in [5.74, 6) is -4.03. The Bertz CT molecular complexity index is 2010. The number of thioether (sulfide) groups is 1. The second-order valence-electron chi connectivity index (χ2n) is 11.2. The molecule has 3 aliphatic rings. The van der Waals surface area contributed by atoms with Crippen LogP contribution in [0.4, 0.5) is 8.78 Å². The van der Waals surface area contributed by atoms with Crippen molar-refractivity contribution in [1.82, 2.24) is 14.5 Å². The third kappa shape index (κ3) is 6.31. The van der Waals surface area contributed by atoms with Crippen LogP contribution in [0.25, 0.3) is 10.4 Å². The fourth-order valence-electron chi connectivity index (χ4n) is 5.98. The SMILES string of the molecule is CS(=O)(=O)CCN(COc1c2n(ccc1=O)N([C@@H]1c3ccccc3SCc3c1ccc(F)c3F)[C@@H]1COCCN1C2=O)C(=O)CN=[N+]=[N-]. The molecule has 2 atom stereocenters. The van der Waals surface area contributed by atoms with Crippen LogP contribution in [-0.2, 0) is 25.1 Å². The second-order valence-corrected chi connectivity index (χ2v) is 14.5. The van der Waals surface area contributed by atoms with E-state index in [1.54, 1.807) is 5.01 Å². The molecule has 0 spiro atoms. The lowest BCUT2D eigenvalue weighted by Gasteiger charge is -2.51. The lowest BCUT2D eigenvalue weighted by atomic mass is 9.93. The number of pyridine rings is 1. The van der Waals surface area contributed by atoms with E-state index in [4.69, 9.17) is 15.0 Å². The van der Waals surface area contributed by atoms with Crippen LogP contribution < -0.4 is 15.2 Å². The van der Waals surface area contributed by atoms with Gasteiger partial charge in [0, 0.05) is 52.7 Å². The minimum absolute atomic E-state index is 0.0610. The zero-order valence-electron chi connectivity index (χ0n) is 25.5. The summed E-state index contributed by atoms with van der Waals surface area (Å²) in [7, 11) is -3.53. The van der Waals surface area contributed by atoms with E-state index in [-0.39, 0.29) is 43.3 Å². The largest absolute Gasteiger partial charge is 0.466 e. The van der Waals surface area contributed by atoms with Crippen molar-refractivity contribution < 1.29 is 36.3 Å². The smallest absolute Gasteiger partial charge is 0.278 e. The van der Waals surface area contributed by atoms with Gasteiger partial charge in [-0.2, -0.15) is 0 Å². The van der Waals surface area contributed by atoms with E-state index in [1.807, 2.05) is 24.3 Å². The molecule has 0 unspecified atom stereocenters. The summed E-state index contributed by atoms with van der Waals surface area (Å²) in [6.45, 7) is -1.21. The van der Waals surface area contributed by atoms with Gasteiger partial charge >= 0.3 is 0 Å². The highest BCUT2D eigenvalue weighted by Gasteiger charge is 2.46. The van der Waals surface area contributed by atoms with Gasteiger partial charge in [-0.1, -0.05) is 29.4 Å². The number of halogens is 2. The van der Waals surface area contributed by atoms with Gasteiger partial charge in [0.25, 0.3) is 5.91 Å². The molecule has 0 saturated carbocycles. The van der Waals surface area contributed by atoms with Gasteiger partial charge in [-0.3, -0.25) is 24.1 Å². The number of azide groups is 1. The second kappa shape index (κ2) is 13.5. The first-order valence-corrected chi connectivity index (χ1v) is 17.8. The van der Waals surface area contributed by atoms with Crippen LogP contribution in [0.5, 0.6) is 5.75 Å². The molecule has 3 aliphatic heterocycles. The highest BCUT2D eigenvalue weighted by Crippen LogP contribution is 2.45. The van der Waals surface area contributed by atoms with Crippen LogP contribution in [0.3, 0.4) is 0 Å². The van der Waals surface area contributed by atoms with E-state index in [9.17, 15) is 27.2 Å². The molecule has 0 radical (unpaired) electrons. The molecule has 1 aromatic heterocycles. The summed E-state index contributed by atoms with van der Waals surface area (Å²) < 4.78 is 66.9. The van der Waals surface area contributed by atoms with Crippen molar-refractivity contribution in [3.8, 4) is 5.75 Å². The van der Waals surface area contributed by atoms with Crippen molar-refractivity contribution in [2.75, 3.05) is 56.6 Å². The molecule has 1 saturated heterocycles. The van der Waals surface area contributed by atoms with Crippen LogP contribution >= 0.6 is 11.8 Å². The number of hydrogen-bond acceptors (Lipinski definition) is 10. The predicted molar refractivity (Wildman–Crippen MR) is 170 cm³/mol. The molecule has 6 rings (SSSR count). The molecule has 3 aromatic rings. The van der Waals surface area contributed by atoms with Gasteiger partial charge in [0.1, 0.15) is 22.5 Å². The van der Waals surface area contributed by atoms with Gasteiger partial charge in [0.2, 0.25) is 11.3 Å². The van der Waals surface area contributed by atoms with Crippen LogP contribution in [-0.4, -0.2) is 92.5 Å². The molecule has 18 heteroatoms. The van der Waals surface area contributed by atoms with Gasteiger partial charge in [-0.15, -0.1) is 11.8 Å². The van der Waals surface area contributed by atoms with E-state index in [0.29, 0.717) is 5.56 Å². The van der Waals surface area contributed by atoms with Gasteiger partial charge in [0.05, 0.1) is 25.0 Å². The number of carbonyl (C=O) groups is 2. The maximum absolute atomic E-state index is 15.4. The van der Waals surface area contributed by atoms with Crippen molar-refractivity contribution >= 4 is 33.4 Å². The number of carbonyl (C=O) groups excluding carboxylic acids is 2. The Morgan fingerprint density at radius 2 is 1.98 bits per heavy atom. The highest BCUT2D eigenvalue weighted by molar-refractivity contribution is 7.98. The predicted octanol–water partition coefficient (Wildman–Crippen LogP) is 2.79. The molecule has 2 aromatic carbocycles. The zero-order valence-corrected chi connectivity index (χ0v) is 27.1. The Labute approximate surface area is 277 Å². The third-order valence-electron chi connectivity index (χ3n) is 8.25. The normalized spacial score (nSPS) is 18.4. The summed E-state index contributed by atoms with van der Waals surface area (Å²) in [6.07, 6.45) is 1.63. The van der Waals surface area contributed by atoms with Crippen LogP contribution in [0.2, 0.25) is 0 Å². The fourth-order valence-corrected chi connectivity index (χ4v) is 7.65. The van der Waals surface area contributed by atoms with Crippen molar-refractivity contribution in [3.63, 3.8) is 0 Å². The molecule has 14 nitrogen and oxygen atoms in total. The summed E-state index contributed by atoms with van der Waals surface area (Å²) >= 11 is 1.35. The number of fused-ring (bicyclic) bond motifs is 4. The Kier molecular flexibility index (Phi) is 9.33. The Balaban J connectivity index is 1.50. The minimum Gasteiger partial charge on any atom is -0.466 e. The first-order valence-electron chi connectivity index (χ1n) is 14.7. The monoisotopic (exact) mass is 701 g/mol. The number of ether oxygens (including phenoxy) is 2. The van der Waals surface area contributed by atoms with Crippen LogP contribution in [0, 0.1) is 11.6 Å². The number of aromatic nitrogens is 1. The average Bonchev–Trinajstić information content (AvgIpc) is 3.23. The van der Waals surface area contributed by atoms with E-state index >= 15 is 4.39 Å². The van der Waals surface area contributed by atoms with Crippen molar-refractivity contribution in [3.05, 3.63) is 103 Å².